The molecular formula is C16H28N4. The standard InChI is InChI=1S/C16H28N4/c1-6-17-14(4)16-8-7-15(9-18-16)20-10-12(2)19(5)13(3)11-20/h7-9,12-14,17H,6,10-11H2,1-5H3. The Morgan fingerprint density at radius 3 is 2.45 bits per heavy atom. The maximum Gasteiger partial charge on any atom is 0.0572 e. The molecule has 0 amide bonds. The fourth-order valence-corrected chi connectivity index (χ4v) is 2.87. The van der Waals surface area contributed by atoms with Crippen LogP contribution in [0.5, 0.6) is 0 Å². The molecule has 0 radical (unpaired) electrons. The number of nitrogens with zero attached hydrogens (tertiary/aromatic N) is 3. The quantitative estimate of drug-likeness (QED) is 0.914. The summed E-state index contributed by atoms with van der Waals surface area (Å²) in [4.78, 5) is 9.52. The van der Waals surface area contributed by atoms with Gasteiger partial charge in [0.05, 0.1) is 17.6 Å². The third-order valence-corrected chi connectivity index (χ3v) is 4.45. The number of nitrogens with one attached hydrogen (secondary N) is 1. The highest BCUT2D eigenvalue weighted by Crippen LogP contribution is 2.22. The number of pyridine rings is 1. The Morgan fingerprint density at radius 1 is 1.30 bits per heavy atom. The van der Waals surface area contributed by atoms with Crippen molar-refractivity contribution in [1.82, 2.24) is 15.2 Å². The van der Waals surface area contributed by atoms with E-state index in [-0.39, 0.29) is 0 Å². The first-order valence-electron chi connectivity index (χ1n) is 7.69. The molecule has 2 rings (SSSR count). The Morgan fingerprint density at radius 2 is 1.95 bits per heavy atom. The topological polar surface area (TPSA) is 31.4 Å². The summed E-state index contributed by atoms with van der Waals surface area (Å²) < 4.78 is 0. The summed E-state index contributed by atoms with van der Waals surface area (Å²) in [6.07, 6.45) is 2.02. The maximum absolute atomic E-state index is 4.62. The number of rotatable bonds is 4. The van der Waals surface area contributed by atoms with E-state index in [1.165, 1.54) is 5.69 Å². The second-order valence-electron chi connectivity index (χ2n) is 5.99. The van der Waals surface area contributed by atoms with Crippen LogP contribution in [0.1, 0.15) is 39.4 Å². The van der Waals surface area contributed by atoms with Gasteiger partial charge in [-0.3, -0.25) is 9.88 Å². The van der Waals surface area contributed by atoms with Crippen molar-refractivity contribution in [2.24, 2.45) is 0 Å². The minimum Gasteiger partial charge on any atom is -0.367 e. The molecule has 1 N–H and O–H groups in total. The van der Waals surface area contributed by atoms with Crippen LogP contribution in [0, 0.1) is 0 Å². The lowest BCUT2D eigenvalue weighted by molar-refractivity contribution is 0.170. The molecule has 0 aliphatic carbocycles. The van der Waals surface area contributed by atoms with Crippen LogP contribution in [0.3, 0.4) is 0 Å². The predicted octanol–water partition coefficient (Wildman–Crippen LogP) is 2.28. The van der Waals surface area contributed by atoms with Crippen molar-refractivity contribution in [1.29, 1.82) is 0 Å². The van der Waals surface area contributed by atoms with Gasteiger partial charge in [0.25, 0.3) is 0 Å². The van der Waals surface area contributed by atoms with E-state index in [2.05, 4.69) is 67.0 Å². The second-order valence-corrected chi connectivity index (χ2v) is 5.99. The second kappa shape index (κ2) is 6.55. The van der Waals surface area contributed by atoms with E-state index in [1.807, 2.05) is 6.20 Å². The summed E-state index contributed by atoms with van der Waals surface area (Å²) >= 11 is 0. The van der Waals surface area contributed by atoms with Gasteiger partial charge >= 0.3 is 0 Å². The van der Waals surface area contributed by atoms with Crippen LogP contribution in [0.15, 0.2) is 18.3 Å². The van der Waals surface area contributed by atoms with Gasteiger partial charge in [0.15, 0.2) is 0 Å². The van der Waals surface area contributed by atoms with Crippen LogP contribution in [0.2, 0.25) is 0 Å². The Bertz CT molecular complexity index is 405. The van der Waals surface area contributed by atoms with Crippen LogP contribution in [0.25, 0.3) is 0 Å². The molecule has 1 aromatic rings. The van der Waals surface area contributed by atoms with Crippen molar-refractivity contribution in [3.05, 3.63) is 24.0 Å². The average molecular weight is 276 g/mol. The molecule has 2 heterocycles. The van der Waals surface area contributed by atoms with E-state index in [1.54, 1.807) is 0 Å². The van der Waals surface area contributed by atoms with Crippen LogP contribution in [-0.2, 0) is 0 Å². The molecule has 1 aliphatic heterocycles. The fraction of sp³-hybridized carbons (Fsp3) is 0.688. The zero-order chi connectivity index (χ0) is 14.7. The van der Waals surface area contributed by atoms with Crippen molar-refractivity contribution < 1.29 is 0 Å². The van der Waals surface area contributed by atoms with E-state index < -0.39 is 0 Å². The van der Waals surface area contributed by atoms with Gasteiger partial charge < -0.3 is 10.2 Å². The SMILES string of the molecule is CCNC(C)c1ccc(N2CC(C)N(C)C(C)C2)cn1. The van der Waals surface area contributed by atoms with E-state index in [4.69, 9.17) is 0 Å². The highest BCUT2D eigenvalue weighted by molar-refractivity contribution is 5.45. The number of hydrogen-bond donors (Lipinski definition) is 1. The lowest BCUT2D eigenvalue weighted by atomic mass is 10.1. The molecule has 0 saturated carbocycles. The van der Waals surface area contributed by atoms with Gasteiger partial charge in [-0.15, -0.1) is 0 Å². The number of aromatic nitrogens is 1. The molecular weight excluding hydrogens is 248 g/mol. The van der Waals surface area contributed by atoms with Crippen molar-refractivity contribution in [2.45, 2.75) is 45.8 Å². The maximum atomic E-state index is 4.62. The van der Waals surface area contributed by atoms with Crippen molar-refractivity contribution >= 4 is 5.69 Å². The first kappa shape index (κ1) is 15.3. The number of piperazine rings is 1. The molecule has 112 valence electrons. The minimum absolute atomic E-state index is 0.319. The summed E-state index contributed by atoms with van der Waals surface area (Å²) in [6, 6.07) is 5.84. The number of anilines is 1. The van der Waals surface area contributed by atoms with Crippen LogP contribution < -0.4 is 10.2 Å². The summed E-state index contributed by atoms with van der Waals surface area (Å²) in [6.45, 7) is 12.0. The lowest BCUT2D eigenvalue weighted by Gasteiger charge is -2.43. The molecule has 20 heavy (non-hydrogen) atoms. The molecule has 0 bridgehead atoms. The zero-order valence-electron chi connectivity index (χ0n) is 13.4. The molecule has 1 saturated heterocycles. The van der Waals surface area contributed by atoms with Gasteiger partial charge in [-0.25, -0.2) is 0 Å². The molecule has 3 atom stereocenters. The van der Waals surface area contributed by atoms with Gasteiger partial charge in [0.2, 0.25) is 0 Å². The van der Waals surface area contributed by atoms with E-state index >= 15 is 0 Å². The Labute approximate surface area is 123 Å². The van der Waals surface area contributed by atoms with E-state index in [0.717, 1.165) is 25.3 Å². The normalized spacial score (nSPS) is 25.8. The third-order valence-electron chi connectivity index (χ3n) is 4.45. The first-order chi connectivity index (χ1) is 9.52. The smallest absolute Gasteiger partial charge is 0.0572 e. The predicted molar refractivity (Wildman–Crippen MR) is 85.2 cm³/mol. The number of likely N-dealkylation sites (N-methyl/N-ethyl adjacent to an activating group) is 1. The summed E-state index contributed by atoms with van der Waals surface area (Å²) in [5.41, 5.74) is 2.36. The molecule has 4 heteroatoms. The summed E-state index contributed by atoms with van der Waals surface area (Å²) in [7, 11) is 2.21. The van der Waals surface area contributed by atoms with Crippen LogP contribution >= 0.6 is 0 Å². The highest BCUT2D eigenvalue weighted by Gasteiger charge is 2.26. The lowest BCUT2D eigenvalue weighted by Crippen LogP contribution is -2.55. The fourth-order valence-electron chi connectivity index (χ4n) is 2.87. The van der Waals surface area contributed by atoms with Gasteiger partial charge in [0.1, 0.15) is 0 Å². The molecule has 1 aliphatic rings. The Kier molecular flexibility index (Phi) is 5.00. The monoisotopic (exact) mass is 276 g/mol. The molecule has 3 unspecified atom stereocenters. The third kappa shape index (κ3) is 3.30. The van der Waals surface area contributed by atoms with Crippen LogP contribution in [0.4, 0.5) is 5.69 Å². The van der Waals surface area contributed by atoms with Gasteiger partial charge in [0, 0.05) is 31.2 Å². The Hall–Kier alpha value is -1.13. The summed E-state index contributed by atoms with van der Waals surface area (Å²) in [5.74, 6) is 0. The highest BCUT2D eigenvalue weighted by atomic mass is 15.3. The van der Waals surface area contributed by atoms with Crippen molar-refractivity contribution in [3.8, 4) is 0 Å². The number of hydrogen-bond acceptors (Lipinski definition) is 4. The van der Waals surface area contributed by atoms with Gasteiger partial charge in [-0.1, -0.05) is 6.92 Å². The van der Waals surface area contributed by atoms with Gasteiger partial charge in [-0.05, 0) is 46.5 Å². The molecule has 0 aromatic carbocycles. The van der Waals surface area contributed by atoms with Crippen molar-refractivity contribution in [3.63, 3.8) is 0 Å². The van der Waals surface area contributed by atoms with E-state index in [9.17, 15) is 0 Å². The zero-order valence-corrected chi connectivity index (χ0v) is 13.4. The molecule has 1 aromatic heterocycles. The van der Waals surface area contributed by atoms with Crippen molar-refractivity contribution in [2.75, 3.05) is 31.6 Å². The largest absolute Gasteiger partial charge is 0.367 e. The molecule has 4 nitrogen and oxygen atoms in total. The van der Waals surface area contributed by atoms with E-state index in [0.29, 0.717) is 18.1 Å². The Balaban J connectivity index is 2.06. The molecule has 0 spiro atoms. The van der Waals surface area contributed by atoms with Crippen LogP contribution in [-0.4, -0.2) is 48.6 Å². The minimum atomic E-state index is 0.319. The molecule has 1 fully saturated rings. The first-order valence-corrected chi connectivity index (χ1v) is 7.69. The average Bonchev–Trinajstić information content (AvgIpc) is 2.44. The summed E-state index contributed by atoms with van der Waals surface area (Å²) in [5, 5.41) is 3.40. The van der Waals surface area contributed by atoms with Gasteiger partial charge in [-0.2, -0.15) is 0 Å².